The summed E-state index contributed by atoms with van der Waals surface area (Å²) in [6, 6.07) is -0.662. The number of hydrogen-bond donors (Lipinski definition) is 2. The third-order valence-corrected chi connectivity index (χ3v) is 6.56. The van der Waals surface area contributed by atoms with Crippen molar-refractivity contribution in [2.45, 2.75) is 104 Å². The number of rotatable bonds is 19. The molecule has 2 aromatic heterocycles. The summed E-state index contributed by atoms with van der Waals surface area (Å²) in [6.45, 7) is 6.85. The van der Waals surface area contributed by atoms with E-state index in [1.165, 1.54) is 38.5 Å². The van der Waals surface area contributed by atoms with E-state index in [0.29, 0.717) is 30.6 Å². The number of hydrogen-bond acceptors (Lipinski definition) is 9. The van der Waals surface area contributed by atoms with Crippen LogP contribution in [-0.4, -0.2) is 50.7 Å². The first kappa shape index (κ1) is 30.5. The van der Waals surface area contributed by atoms with Gasteiger partial charge in [-0.15, -0.1) is 0 Å². The second-order valence-electron chi connectivity index (χ2n) is 10.2. The maximum absolute atomic E-state index is 12.4. The Hall–Kier alpha value is -2.75. The summed E-state index contributed by atoms with van der Waals surface area (Å²) in [5, 5.41) is 0. The number of carbonyl (C=O) groups excluding carboxylic acids is 2. The zero-order chi connectivity index (χ0) is 27.0. The molecular formula is C27H46N6O4. The van der Waals surface area contributed by atoms with Gasteiger partial charge < -0.3 is 25.5 Å². The lowest BCUT2D eigenvalue weighted by Crippen LogP contribution is -2.37. The van der Waals surface area contributed by atoms with Gasteiger partial charge in [0.15, 0.2) is 5.65 Å². The fourth-order valence-electron chi connectivity index (χ4n) is 4.07. The second kappa shape index (κ2) is 16.9. The van der Waals surface area contributed by atoms with Crippen molar-refractivity contribution in [3.63, 3.8) is 0 Å². The molecule has 0 spiro atoms. The number of ether oxygens (including phenoxy) is 2. The molecule has 2 atom stereocenters. The Morgan fingerprint density at radius 1 is 1.00 bits per heavy atom. The maximum atomic E-state index is 12.4. The van der Waals surface area contributed by atoms with Gasteiger partial charge in [0.25, 0.3) is 0 Å². The normalized spacial score (nSPS) is 13.1. The van der Waals surface area contributed by atoms with Crippen LogP contribution in [0.1, 0.15) is 91.4 Å². The lowest BCUT2D eigenvalue weighted by Gasteiger charge is -2.19. The van der Waals surface area contributed by atoms with Gasteiger partial charge in [-0.05, 0) is 18.8 Å². The quantitative estimate of drug-likeness (QED) is 0.204. The van der Waals surface area contributed by atoms with E-state index in [1.54, 1.807) is 12.5 Å². The third kappa shape index (κ3) is 11.5. The number of anilines is 1. The van der Waals surface area contributed by atoms with E-state index < -0.39 is 12.0 Å². The Bertz CT molecular complexity index is 948. The Balaban J connectivity index is 1.82. The molecular weight excluding hydrogens is 472 g/mol. The minimum atomic E-state index is -0.662. The predicted molar refractivity (Wildman–Crippen MR) is 144 cm³/mol. The molecule has 0 aliphatic carbocycles. The zero-order valence-electron chi connectivity index (χ0n) is 22.9. The standard InChI is InChI=1S/C27H46N6O4/c1-4-5-6-7-8-9-10-11-12-13-23(34)37-18-21(14-15-36-26(35)24(28)20(2)3)17-33-19-31-22-16-30-27(29)32-25(22)33/h16,19-21,24H,4-15,17-18,28H2,1-3H3,(H2,29,30,32)/t21-,24+/m1/s1. The van der Waals surface area contributed by atoms with Crippen LogP contribution < -0.4 is 11.5 Å². The van der Waals surface area contributed by atoms with E-state index in [0.717, 1.165) is 19.3 Å². The van der Waals surface area contributed by atoms with Crippen LogP contribution in [0.5, 0.6) is 0 Å². The summed E-state index contributed by atoms with van der Waals surface area (Å²) < 4.78 is 12.9. The van der Waals surface area contributed by atoms with Crippen LogP contribution in [0.25, 0.3) is 11.2 Å². The van der Waals surface area contributed by atoms with Crippen LogP contribution in [-0.2, 0) is 25.6 Å². The molecule has 2 aromatic rings. The predicted octanol–water partition coefficient (Wildman–Crippen LogP) is 4.41. The first-order valence-electron chi connectivity index (χ1n) is 13.8. The van der Waals surface area contributed by atoms with Gasteiger partial charge in [0.05, 0.1) is 25.7 Å². The highest BCUT2D eigenvalue weighted by Crippen LogP contribution is 2.16. The molecule has 0 amide bonds. The second-order valence-corrected chi connectivity index (χ2v) is 10.2. The number of nitrogens with zero attached hydrogens (tertiary/aromatic N) is 4. The number of aromatic nitrogens is 4. The van der Waals surface area contributed by atoms with E-state index in [-0.39, 0.29) is 37.0 Å². The van der Waals surface area contributed by atoms with Gasteiger partial charge in [0, 0.05) is 18.9 Å². The van der Waals surface area contributed by atoms with Crippen LogP contribution in [0.2, 0.25) is 0 Å². The first-order valence-corrected chi connectivity index (χ1v) is 13.8. The van der Waals surface area contributed by atoms with Crippen molar-refractivity contribution in [2.75, 3.05) is 18.9 Å². The van der Waals surface area contributed by atoms with E-state index in [4.69, 9.17) is 20.9 Å². The molecule has 0 aromatic carbocycles. The number of unbranched alkanes of at least 4 members (excludes halogenated alkanes) is 8. The van der Waals surface area contributed by atoms with Gasteiger partial charge in [0.2, 0.25) is 5.95 Å². The summed E-state index contributed by atoms with van der Waals surface area (Å²) in [5.74, 6) is -0.579. The number of esters is 2. The smallest absolute Gasteiger partial charge is 0.323 e. The molecule has 0 aliphatic rings. The Morgan fingerprint density at radius 3 is 2.35 bits per heavy atom. The summed E-state index contributed by atoms with van der Waals surface area (Å²) in [4.78, 5) is 37.1. The van der Waals surface area contributed by atoms with E-state index in [2.05, 4.69) is 21.9 Å². The zero-order valence-corrected chi connectivity index (χ0v) is 22.9. The van der Waals surface area contributed by atoms with E-state index >= 15 is 0 Å². The van der Waals surface area contributed by atoms with Crippen LogP contribution in [0.3, 0.4) is 0 Å². The Morgan fingerprint density at radius 2 is 1.68 bits per heavy atom. The molecule has 208 valence electrons. The monoisotopic (exact) mass is 518 g/mol. The summed E-state index contributed by atoms with van der Waals surface area (Å²) in [5.41, 5.74) is 12.9. The van der Waals surface area contributed by atoms with Gasteiger partial charge in [-0.2, -0.15) is 4.98 Å². The van der Waals surface area contributed by atoms with Crippen molar-refractivity contribution in [2.24, 2.45) is 17.6 Å². The van der Waals surface area contributed by atoms with Crippen molar-refractivity contribution in [3.05, 3.63) is 12.5 Å². The van der Waals surface area contributed by atoms with Gasteiger partial charge in [0.1, 0.15) is 11.6 Å². The molecule has 37 heavy (non-hydrogen) atoms. The highest BCUT2D eigenvalue weighted by molar-refractivity contribution is 5.75. The number of nitrogens with two attached hydrogens (primary N) is 2. The molecule has 0 bridgehead atoms. The highest BCUT2D eigenvalue weighted by atomic mass is 16.5. The first-order chi connectivity index (χ1) is 17.8. The summed E-state index contributed by atoms with van der Waals surface area (Å²) in [6.07, 6.45) is 14.9. The average Bonchev–Trinajstić information content (AvgIpc) is 3.26. The van der Waals surface area contributed by atoms with Gasteiger partial charge in [-0.25, -0.2) is 9.97 Å². The molecule has 2 rings (SSSR count). The molecule has 0 fully saturated rings. The summed E-state index contributed by atoms with van der Waals surface area (Å²) in [7, 11) is 0. The number of carbonyl (C=O) groups is 2. The van der Waals surface area contributed by atoms with Crippen LogP contribution >= 0.6 is 0 Å². The fourth-order valence-corrected chi connectivity index (χ4v) is 4.07. The minimum absolute atomic E-state index is 0.00670. The van der Waals surface area contributed by atoms with Crippen molar-refractivity contribution >= 4 is 29.1 Å². The Kier molecular flexibility index (Phi) is 13.9. The number of nitrogen functional groups attached to an aromatic ring is 1. The van der Waals surface area contributed by atoms with Crippen molar-refractivity contribution < 1.29 is 19.1 Å². The Labute approximate surface area is 220 Å². The van der Waals surface area contributed by atoms with E-state index in [9.17, 15) is 9.59 Å². The molecule has 4 N–H and O–H groups in total. The largest absolute Gasteiger partial charge is 0.465 e. The minimum Gasteiger partial charge on any atom is -0.465 e. The van der Waals surface area contributed by atoms with Crippen LogP contribution in [0.15, 0.2) is 12.5 Å². The number of fused-ring (bicyclic) bond motifs is 1. The molecule has 0 radical (unpaired) electrons. The molecule has 2 heterocycles. The molecule has 10 nitrogen and oxygen atoms in total. The molecule has 10 heteroatoms. The van der Waals surface area contributed by atoms with Crippen LogP contribution in [0.4, 0.5) is 5.95 Å². The van der Waals surface area contributed by atoms with Crippen LogP contribution in [0, 0.1) is 11.8 Å². The van der Waals surface area contributed by atoms with Crippen molar-refractivity contribution in [3.8, 4) is 0 Å². The van der Waals surface area contributed by atoms with Crippen molar-refractivity contribution in [1.29, 1.82) is 0 Å². The van der Waals surface area contributed by atoms with Gasteiger partial charge >= 0.3 is 11.9 Å². The van der Waals surface area contributed by atoms with Gasteiger partial charge in [-0.1, -0.05) is 72.1 Å². The third-order valence-electron chi connectivity index (χ3n) is 6.56. The highest BCUT2D eigenvalue weighted by Gasteiger charge is 2.21. The number of imidazole rings is 1. The summed E-state index contributed by atoms with van der Waals surface area (Å²) >= 11 is 0. The molecule has 0 aliphatic heterocycles. The molecule has 0 unspecified atom stereocenters. The maximum Gasteiger partial charge on any atom is 0.323 e. The lowest BCUT2D eigenvalue weighted by atomic mass is 10.1. The fraction of sp³-hybridized carbons (Fsp3) is 0.741. The average molecular weight is 519 g/mol. The molecule has 0 saturated heterocycles. The molecule has 0 saturated carbocycles. The van der Waals surface area contributed by atoms with Gasteiger partial charge in [-0.3, -0.25) is 9.59 Å². The van der Waals surface area contributed by atoms with E-state index in [1.807, 2.05) is 18.4 Å². The topological polar surface area (TPSA) is 148 Å². The SMILES string of the molecule is CCCCCCCCCCCC(=O)OC[C@H](CCOC(=O)[C@@H](N)C(C)C)Cn1cnc2cnc(N)nc21. The van der Waals surface area contributed by atoms with Crippen molar-refractivity contribution in [1.82, 2.24) is 19.5 Å². The lowest BCUT2D eigenvalue weighted by molar-refractivity contribution is -0.149.